The zero-order valence-corrected chi connectivity index (χ0v) is 11.5. The fourth-order valence-corrected chi connectivity index (χ4v) is 1.64. The lowest BCUT2D eigenvalue weighted by atomic mass is 10.2. The van der Waals surface area contributed by atoms with Crippen LogP contribution in [0, 0.1) is 0 Å². The summed E-state index contributed by atoms with van der Waals surface area (Å²) >= 11 is 0. The normalized spacial score (nSPS) is 9.73. The molecule has 0 atom stereocenters. The highest BCUT2D eigenvalue weighted by atomic mass is 79.9. The zero-order chi connectivity index (χ0) is 10.2. The van der Waals surface area contributed by atoms with Gasteiger partial charge < -0.3 is 17.0 Å². The second kappa shape index (κ2) is 8.90. The molecule has 0 N–H and O–H groups in total. The molecule has 0 radical (unpaired) electrons. The van der Waals surface area contributed by atoms with E-state index in [-0.39, 0.29) is 17.0 Å². The number of aryl methyl sites for hydroxylation is 2. The summed E-state index contributed by atoms with van der Waals surface area (Å²) in [6.07, 6.45) is 8.57. The van der Waals surface area contributed by atoms with Gasteiger partial charge in [0.2, 0.25) is 0 Å². The van der Waals surface area contributed by atoms with Crippen molar-refractivity contribution in [3.8, 4) is 0 Å². The maximum atomic E-state index is 2.40. The average Bonchev–Trinajstić information content (AvgIpc) is 2.24. The third kappa shape index (κ3) is 5.31. The standard InChI is InChI=1S/C13H22N.BrH/c1-3-5-9-13-10-7-8-12-14(13)11-6-4-2;/h7-8,10,12H,3-6,9,11H2,1-2H3;1H/q+1;/p-1. The van der Waals surface area contributed by atoms with Crippen molar-refractivity contribution in [2.45, 2.75) is 52.5 Å². The van der Waals surface area contributed by atoms with Crippen LogP contribution in [0.2, 0.25) is 0 Å². The molecule has 2 heteroatoms. The molecule has 86 valence electrons. The van der Waals surface area contributed by atoms with Gasteiger partial charge in [-0.05, 0) is 6.42 Å². The van der Waals surface area contributed by atoms with Gasteiger partial charge in [-0.15, -0.1) is 0 Å². The topological polar surface area (TPSA) is 3.88 Å². The molecule has 0 saturated heterocycles. The van der Waals surface area contributed by atoms with Gasteiger partial charge in [0.1, 0.15) is 6.54 Å². The van der Waals surface area contributed by atoms with Crippen molar-refractivity contribution >= 4 is 0 Å². The van der Waals surface area contributed by atoms with E-state index in [2.05, 4.69) is 42.8 Å². The van der Waals surface area contributed by atoms with Gasteiger partial charge in [0, 0.05) is 25.0 Å². The fourth-order valence-electron chi connectivity index (χ4n) is 1.64. The Labute approximate surface area is 104 Å². The number of pyridine rings is 1. The second-order valence-corrected chi connectivity index (χ2v) is 3.84. The quantitative estimate of drug-likeness (QED) is 0.648. The van der Waals surface area contributed by atoms with E-state index >= 15 is 0 Å². The summed E-state index contributed by atoms with van der Waals surface area (Å²) < 4.78 is 2.40. The molecule has 0 aromatic carbocycles. The summed E-state index contributed by atoms with van der Waals surface area (Å²) in [5, 5.41) is 0. The molecule has 1 rings (SSSR count). The van der Waals surface area contributed by atoms with Crippen LogP contribution in [0.4, 0.5) is 0 Å². The van der Waals surface area contributed by atoms with E-state index in [4.69, 9.17) is 0 Å². The maximum Gasteiger partial charge on any atom is 0.181 e. The van der Waals surface area contributed by atoms with E-state index in [1.807, 2.05) is 0 Å². The Hall–Kier alpha value is -0.370. The van der Waals surface area contributed by atoms with Crippen LogP contribution in [0.25, 0.3) is 0 Å². The van der Waals surface area contributed by atoms with Crippen LogP contribution in [0.3, 0.4) is 0 Å². The summed E-state index contributed by atoms with van der Waals surface area (Å²) in [6.45, 7) is 5.67. The minimum atomic E-state index is 0. The van der Waals surface area contributed by atoms with Crippen molar-refractivity contribution in [1.82, 2.24) is 0 Å². The third-order valence-corrected chi connectivity index (χ3v) is 2.57. The van der Waals surface area contributed by atoms with Crippen molar-refractivity contribution in [3.63, 3.8) is 0 Å². The molecule has 1 nitrogen and oxygen atoms in total. The molecule has 15 heavy (non-hydrogen) atoms. The van der Waals surface area contributed by atoms with E-state index in [0.717, 1.165) is 0 Å². The molecule has 0 saturated carbocycles. The van der Waals surface area contributed by atoms with Crippen molar-refractivity contribution in [2.24, 2.45) is 0 Å². The minimum absolute atomic E-state index is 0. The number of hydrogen-bond donors (Lipinski definition) is 0. The zero-order valence-electron chi connectivity index (χ0n) is 9.88. The molecule has 0 spiro atoms. The van der Waals surface area contributed by atoms with Gasteiger partial charge in [-0.1, -0.05) is 32.8 Å². The van der Waals surface area contributed by atoms with E-state index < -0.39 is 0 Å². The van der Waals surface area contributed by atoms with Crippen molar-refractivity contribution in [3.05, 3.63) is 30.1 Å². The van der Waals surface area contributed by atoms with Crippen LogP contribution >= 0.6 is 0 Å². The van der Waals surface area contributed by atoms with Crippen molar-refractivity contribution in [1.29, 1.82) is 0 Å². The number of rotatable bonds is 6. The molecule has 0 fully saturated rings. The Bertz CT molecular complexity index is 233. The Morgan fingerprint density at radius 1 is 1.07 bits per heavy atom. The predicted octanol–water partition coefficient (Wildman–Crippen LogP) is 0.121. The summed E-state index contributed by atoms with van der Waals surface area (Å²) in [4.78, 5) is 0. The van der Waals surface area contributed by atoms with Gasteiger partial charge in [0.25, 0.3) is 0 Å². The smallest absolute Gasteiger partial charge is 0.181 e. The summed E-state index contributed by atoms with van der Waals surface area (Å²) in [6, 6.07) is 6.53. The molecule has 1 aromatic rings. The lowest BCUT2D eigenvalue weighted by Gasteiger charge is -2.02. The highest BCUT2D eigenvalue weighted by Gasteiger charge is 2.07. The fraction of sp³-hybridized carbons (Fsp3) is 0.615. The Kier molecular flexibility index (Phi) is 8.68. The molecule has 0 aliphatic rings. The average molecular weight is 272 g/mol. The molecule has 1 aromatic heterocycles. The summed E-state index contributed by atoms with van der Waals surface area (Å²) in [7, 11) is 0. The number of halogens is 1. The maximum absolute atomic E-state index is 2.40. The van der Waals surface area contributed by atoms with Crippen molar-refractivity contribution in [2.75, 3.05) is 0 Å². The first-order valence-corrected chi connectivity index (χ1v) is 5.85. The first kappa shape index (κ1) is 14.6. The van der Waals surface area contributed by atoms with Crippen molar-refractivity contribution < 1.29 is 21.5 Å². The van der Waals surface area contributed by atoms with E-state index in [0.29, 0.717) is 0 Å². The predicted molar refractivity (Wildman–Crippen MR) is 60.2 cm³/mol. The van der Waals surface area contributed by atoms with Gasteiger partial charge in [0.05, 0.1) is 0 Å². The van der Waals surface area contributed by atoms with E-state index in [1.54, 1.807) is 0 Å². The monoisotopic (exact) mass is 271 g/mol. The molecule has 0 bridgehead atoms. The van der Waals surface area contributed by atoms with Crippen LogP contribution in [-0.4, -0.2) is 0 Å². The summed E-state index contributed by atoms with van der Waals surface area (Å²) in [5.41, 5.74) is 1.49. The molecule has 0 amide bonds. The molecule has 0 aliphatic carbocycles. The van der Waals surface area contributed by atoms with Gasteiger partial charge in [-0.2, -0.15) is 0 Å². The first-order chi connectivity index (χ1) is 6.88. The van der Waals surface area contributed by atoms with Crippen LogP contribution in [0.5, 0.6) is 0 Å². The second-order valence-electron chi connectivity index (χ2n) is 3.84. The van der Waals surface area contributed by atoms with Crippen LogP contribution in [0.1, 0.15) is 45.2 Å². The van der Waals surface area contributed by atoms with Crippen LogP contribution < -0.4 is 21.5 Å². The Morgan fingerprint density at radius 2 is 1.80 bits per heavy atom. The largest absolute Gasteiger partial charge is 1.00 e. The lowest BCUT2D eigenvalue weighted by Crippen LogP contribution is -3.00. The third-order valence-electron chi connectivity index (χ3n) is 2.57. The molecular weight excluding hydrogens is 250 g/mol. The minimum Gasteiger partial charge on any atom is -1.00 e. The first-order valence-electron chi connectivity index (χ1n) is 5.85. The number of unbranched alkanes of at least 4 members (excludes halogenated alkanes) is 2. The van der Waals surface area contributed by atoms with Gasteiger partial charge >= 0.3 is 0 Å². The van der Waals surface area contributed by atoms with Crippen LogP contribution in [0.15, 0.2) is 24.4 Å². The molecule has 0 aliphatic heterocycles. The number of hydrogen-bond acceptors (Lipinski definition) is 0. The summed E-state index contributed by atoms with van der Waals surface area (Å²) in [5.74, 6) is 0. The van der Waals surface area contributed by atoms with Gasteiger partial charge in [0.15, 0.2) is 11.9 Å². The molecule has 1 heterocycles. The lowest BCUT2D eigenvalue weighted by molar-refractivity contribution is -0.704. The van der Waals surface area contributed by atoms with Crippen LogP contribution in [-0.2, 0) is 13.0 Å². The Morgan fingerprint density at radius 3 is 2.47 bits per heavy atom. The van der Waals surface area contributed by atoms with Gasteiger partial charge in [-0.3, -0.25) is 0 Å². The van der Waals surface area contributed by atoms with E-state index in [1.165, 1.54) is 44.3 Å². The number of aromatic nitrogens is 1. The SMILES string of the molecule is CCCCc1cccc[n+]1CCCC.[Br-]. The highest BCUT2D eigenvalue weighted by Crippen LogP contribution is 2.00. The molecule has 0 unspecified atom stereocenters. The number of nitrogens with zero attached hydrogens (tertiary/aromatic N) is 1. The molecular formula is C13H22BrN. The highest BCUT2D eigenvalue weighted by molar-refractivity contribution is 4.97. The van der Waals surface area contributed by atoms with E-state index in [9.17, 15) is 0 Å². The van der Waals surface area contributed by atoms with Gasteiger partial charge in [-0.25, -0.2) is 4.57 Å². The Balaban J connectivity index is 0.00000196.